The maximum absolute atomic E-state index is 11.9. The van der Waals surface area contributed by atoms with Crippen molar-refractivity contribution >= 4 is 5.91 Å². The van der Waals surface area contributed by atoms with Crippen molar-refractivity contribution in [2.45, 2.75) is 13.3 Å². The molecule has 1 heterocycles. The number of rotatable bonds is 8. The van der Waals surface area contributed by atoms with Gasteiger partial charge in [-0.1, -0.05) is 47.1 Å². The summed E-state index contributed by atoms with van der Waals surface area (Å²) < 4.78 is 15.9. The second kappa shape index (κ2) is 8.84. The normalized spacial score (nSPS) is 10.4. The summed E-state index contributed by atoms with van der Waals surface area (Å²) >= 11 is 0. The van der Waals surface area contributed by atoms with E-state index in [0.29, 0.717) is 36.2 Å². The van der Waals surface area contributed by atoms with Gasteiger partial charge in [0.2, 0.25) is 11.7 Å². The quantitative estimate of drug-likeness (QED) is 0.659. The van der Waals surface area contributed by atoms with Gasteiger partial charge in [-0.25, -0.2) is 0 Å². The molecular formula is C20H21N3O4. The Morgan fingerprint density at radius 2 is 1.85 bits per heavy atom. The number of hydrogen-bond donors (Lipinski definition) is 1. The molecule has 3 rings (SSSR count). The van der Waals surface area contributed by atoms with Gasteiger partial charge in [-0.3, -0.25) is 4.79 Å². The molecular weight excluding hydrogens is 346 g/mol. The summed E-state index contributed by atoms with van der Waals surface area (Å²) in [5.41, 5.74) is 2.06. The standard InChI is InChI=1S/C20H21N3O4/c1-14-7-9-15(10-8-14)20-22-19(27-23-20)11-12-21-18(24)13-26-17-6-4-3-5-16(17)25-2/h3-10H,11-13H2,1-2H3,(H,21,24). The van der Waals surface area contributed by atoms with Crippen molar-refractivity contribution in [1.82, 2.24) is 15.5 Å². The number of amides is 1. The SMILES string of the molecule is COc1ccccc1OCC(=O)NCCc1nc(-c2ccc(C)cc2)no1. The van der Waals surface area contributed by atoms with Crippen molar-refractivity contribution in [2.24, 2.45) is 0 Å². The predicted molar refractivity (Wildman–Crippen MR) is 99.7 cm³/mol. The molecule has 0 fully saturated rings. The Hall–Kier alpha value is -3.35. The van der Waals surface area contributed by atoms with E-state index in [1.807, 2.05) is 43.3 Å². The molecule has 0 saturated heterocycles. The summed E-state index contributed by atoms with van der Waals surface area (Å²) in [5, 5.41) is 6.73. The van der Waals surface area contributed by atoms with Crippen molar-refractivity contribution in [2.75, 3.05) is 20.3 Å². The van der Waals surface area contributed by atoms with Crippen molar-refractivity contribution in [1.29, 1.82) is 0 Å². The van der Waals surface area contributed by atoms with Crippen LogP contribution < -0.4 is 14.8 Å². The zero-order chi connectivity index (χ0) is 19.1. The fourth-order valence-electron chi connectivity index (χ4n) is 2.42. The van der Waals surface area contributed by atoms with Gasteiger partial charge in [0.15, 0.2) is 18.1 Å². The van der Waals surface area contributed by atoms with Crippen LogP contribution in [0.1, 0.15) is 11.5 Å². The third-order valence-electron chi connectivity index (χ3n) is 3.87. The Morgan fingerprint density at radius 1 is 1.11 bits per heavy atom. The van der Waals surface area contributed by atoms with Gasteiger partial charge in [-0.05, 0) is 19.1 Å². The summed E-state index contributed by atoms with van der Waals surface area (Å²) in [7, 11) is 1.55. The first kappa shape index (κ1) is 18.4. The van der Waals surface area contributed by atoms with Gasteiger partial charge in [0.25, 0.3) is 5.91 Å². The van der Waals surface area contributed by atoms with Crippen LogP contribution in [0.25, 0.3) is 11.4 Å². The zero-order valence-electron chi connectivity index (χ0n) is 15.3. The van der Waals surface area contributed by atoms with Crippen LogP contribution in [0.3, 0.4) is 0 Å². The lowest BCUT2D eigenvalue weighted by molar-refractivity contribution is -0.123. The number of benzene rings is 2. The monoisotopic (exact) mass is 367 g/mol. The molecule has 0 unspecified atom stereocenters. The molecule has 2 aromatic carbocycles. The molecule has 0 atom stereocenters. The minimum atomic E-state index is -0.237. The topological polar surface area (TPSA) is 86.5 Å². The van der Waals surface area contributed by atoms with Crippen LogP contribution in [-0.2, 0) is 11.2 Å². The van der Waals surface area contributed by atoms with Gasteiger partial charge >= 0.3 is 0 Å². The number of carbonyl (C=O) groups is 1. The van der Waals surface area contributed by atoms with E-state index in [4.69, 9.17) is 14.0 Å². The van der Waals surface area contributed by atoms with Crippen molar-refractivity contribution < 1.29 is 18.8 Å². The molecule has 7 nitrogen and oxygen atoms in total. The van der Waals surface area contributed by atoms with E-state index in [9.17, 15) is 4.79 Å². The number of methoxy groups -OCH3 is 1. The average molecular weight is 367 g/mol. The second-order valence-corrected chi connectivity index (χ2v) is 5.92. The highest BCUT2D eigenvalue weighted by atomic mass is 16.5. The van der Waals surface area contributed by atoms with Crippen molar-refractivity contribution in [3.05, 3.63) is 60.0 Å². The van der Waals surface area contributed by atoms with Crippen molar-refractivity contribution in [3.8, 4) is 22.9 Å². The van der Waals surface area contributed by atoms with Gasteiger partial charge in [0, 0.05) is 18.5 Å². The van der Waals surface area contributed by atoms with Gasteiger partial charge in [-0.2, -0.15) is 4.98 Å². The first-order chi connectivity index (χ1) is 13.2. The number of carbonyl (C=O) groups excluding carboxylic acids is 1. The molecule has 0 radical (unpaired) electrons. The molecule has 0 bridgehead atoms. The predicted octanol–water partition coefficient (Wildman–Crippen LogP) is 2.79. The van der Waals surface area contributed by atoms with Gasteiger partial charge in [-0.15, -0.1) is 0 Å². The number of para-hydroxylation sites is 2. The fourth-order valence-corrected chi connectivity index (χ4v) is 2.42. The molecule has 0 saturated carbocycles. The fraction of sp³-hybridized carbons (Fsp3) is 0.250. The van der Waals surface area contributed by atoms with E-state index in [-0.39, 0.29) is 12.5 Å². The molecule has 1 N–H and O–H groups in total. The second-order valence-electron chi connectivity index (χ2n) is 5.92. The highest BCUT2D eigenvalue weighted by molar-refractivity contribution is 5.77. The first-order valence-corrected chi connectivity index (χ1v) is 8.58. The smallest absolute Gasteiger partial charge is 0.257 e. The number of hydrogen-bond acceptors (Lipinski definition) is 6. The minimum Gasteiger partial charge on any atom is -0.493 e. The molecule has 140 valence electrons. The number of ether oxygens (including phenoxy) is 2. The third kappa shape index (κ3) is 5.07. The highest BCUT2D eigenvalue weighted by Gasteiger charge is 2.10. The molecule has 0 aliphatic carbocycles. The maximum Gasteiger partial charge on any atom is 0.257 e. The van der Waals surface area contributed by atoms with Crippen LogP contribution in [-0.4, -0.2) is 36.3 Å². The molecule has 1 aromatic heterocycles. The summed E-state index contributed by atoms with van der Waals surface area (Å²) in [5.74, 6) is 1.88. The van der Waals surface area contributed by atoms with Crippen LogP contribution in [0.5, 0.6) is 11.5 Å². The lowest BCUT2D eigenvalue weighted by Gasteiger charge is -2.10. The first-order valence-electron chi connectivity index (χ1n) is 8.58. The minimum absolute atomic E-state index is 0.0984. The largest absolute Gasteiger partial charge is 0.493 e. The highest BCUT2D eigenvalue weighted by Crippen LogP contribution is 2.25. The van der Waals surface area contributed by atoms with E-state index < -0.39 is 0 Å². The van der Waals surface area contributed by atoms with E-state index in [1.54, 1.807) is 19.2 Å². The zero-order valence-corrected chi connectivity index (χ0v) is 15.3. The van der Waals surface area contributed by atoms with Crippen LogP contribution in [0.2, 0.25) is 0 Å². The number of nitrogens with zero attached hydrogens (tertiary/aromatic N) is 2. The summed E-state index contributed by atoms with van der Waals surface area (Å²) in [6.07, 6.45) is 0.444. The molecule has 7 heteroatoms. The number of aromatic nitrogens is 2. The number of aryl methyl sites for hydroxylation is 1. The van der Waals surface area contributed by atoms with E-state index in [2.05, 4.69) is 15.5 Å². The Morgan fingerprint density at radius 3 is 2.59 bits per heavy atom. The van der Waals surface area contributed by atoms with E-state index in [1.165, 1.54) is 5.56 Å². The maximum atomic E-state index is 11.9. The molecule has 27 heavy (non-hydrogen) atoms. The Kier molecular flexibility index (Phi) is 6.04. The van der Waals surface area contributed by atoms with E-state index in [0.717, 1.165) is 5.56 Å². The third-order valence-corrected chi connectivity index (χ3v) is 3.87. The molecule has 0 aliphatic rings. The molecule has 1 amide bonds. The van der Waals surface area contributed by atoms with Gasteiger partial charge < -0.3 is 19.3 Å². The van der Waals surface area contributed by atoms with Crippen LogP contribution >= 0.6 is 0 Å². The average Bonchev–Trinajstić information content (AvgIpc) is 3.16. The van der Waals surface area contributed by atoms with Gasteiger partial charge in [0.1, 0.15) is 0 Å². The van der Waals surface area contributed by atoms with E-state index >= 15 is 0 Å². The Labute approximate surface area is 157 Å². The Balaban J connectivity index is 1.44. The Bertz CT molecular complexity index is 890. The molecule has 0 aliphatic heterocycles. The van der Waals surface area contributed by atoms with Crippen LogP contribution in [0, 0.1) is 6.92 Å². The number of nitrogens with one attached hydrogen (secondary N) is 1. The summed E-state index contributed by atoms with van der Waals surface area (Å²) in [6, 6.07) is 15.0. The summed E-state index contributed by atoms with van der Waals surface area (Å²) in [6.45, 7) is 2.30. The lowest BCUT2D eigenvalue weighted by Crippen LogP contribution is -2.30. The lowest BCUT2D eigenvalue weighted by atomic mass is 10.1. The molecule has 3 aromatic rings. The van der Waals surface area contributed by atoms with Crippen LogP contribution in [0.4, 0.5) is 0 Å². The summed E-state index contributed by atoms with van der Waals surface area (Å²) in [4.78, 5) is 16.3. The van der Waals surface area contributed by atoms with Crippen LogP contribution in [0.15, 0.2) is 53.1 Å². The van der Waals surface area contributed by atoms with Crippen molar-refractivity contribution in [3.63, 3.8) is 0 Å². The molecule has 0 spiro atoms. The van der Waals surface area contributed by atoms with Gasteiger partial charge in [0.05, 0.1) is 7.11 Å².